The van der Waals surface area contributed by atoms with E-state index in [9.17, 15) is 0 Å². The molecule has 1 N–H and O–H groups in total. The maximum atomic E-state index is 3.98. The lowest BCUT2D eigenvalue weighted by Gasteiger charge is -2.40. The number of rotatable bonds is 3. The molecule has 0 amide bonds. The van der Waals surface area contributed by atoms with Crippen LogP contribution < -0.4 is 5.32 Å². The molecule has 0 heterocycles. The van der Waals surface area contributed by atoms with Crippen LogP contribution in [-0.4, -0.2) is 6.04 Å². The lowest BCUT2D eigenvalue weighted by atomic mass is 9.77. The first-order valence-corrected chi connectivity index (χ1v) is 8.19. The first kappa shape index (κ1) is 15.6. The molecule has 1 aliphatic rings. The summed E-state index contributed by atoms with van der Waals surface area (Å²) in [7, 11) is 0. The Morgan fingerprint density at radius 1 is 1.05 bits per heavy atom. The molecule has 4 atom stereocenters. The number of hydrogen-bond acceptors (Lipinski definition) is 1. The lowest BCUT2D eigenvalue weighted by Crippen LogP contribution is -2.44. The largest absolute Gasteiger partial charge is 0.306 e. The molecular formula is C19H31N. The van der Waals surface area contributed by atoms with Gasteiger partial charge in [-0.25, -0.2) is 0 Å². The van der Waals surface area contributed by atoms with Crippen LogP contribution in [0.3, 0.4) is 0 Å². The molecule has 0 saturated heterocycles. The third kappa shape index (κ3) is 3.85. The van der Waals surface area contributed by atoms with Crippen LogP contribution in [-0.2, 0) is 0 Å². The van der Waals surface area contributed by atoms with Crippen molar-refractivity contribution in [2.75, 3.05) is 0 Å². The molecule has 20 heavy (non-hydrogen) atoms. The van der Waals surface area contributed by atoms with Crippen molar-refractivity contribution in [3.05, 3.63) is 35.9 Å². The highest BCUT2D eigenvalue weighted by atomic mass is 15.0. The summed E-state index contributed by atoms with van der Waals surface area (Å²) >= 11 is 0. The summed E-state index contributed by atoms with van der Waals surface area (Å²) in [6, 6.07) is 12.0. The number of nitrogens with one attached hydrogen (secondary N) is 1. The van der Waals surface area contributed by atoms with Crippen LogP contribution in [0.25, 0.3) is 0 Å². The molecule has 1 nitrogen and oxygen atoms in total. The standard InChI is InChI=1S/C19H31N/c1-14-11-12-17(15(2)13-14)20-18(19(3,4)5)16-9-7-6-8-10-16/h6-10,14-15,17-18,20H,11-13H2,1-5H3. The van der Waals surface area contributed by atoms with Crippen LogP contribution in [0.15, 0.2) is 30.3 Å². The van der Waals surface area contributed by atoms with Crippen LogP contribution in [0.4, 0.5) is 0 Å². The Morgan fingerprint density at radius 2 is 1.70 bits per heavy atom. The van der Waals surface area contributed by atoms with Gasteiger partial charge in [0.2, 0.25) is 0 Å². The fourth-order valence-electron chi connectivity index (χ4n) is 3.62. The highest BCUT2D eigenvalue weighted by molar-refractivity contribution is 5.21. The van der Waals surface area contributed by atoms with E-state index in [1.165, 1.54) is 24.8 Å². The van der Waals surface area contributed by atoms with Crippen molar-refractivity contribution in [1.82, 2.24) is 5.32 Å². The Kier molecular flexibility index (Phi) is 4.90. The van der Waals surface area contributed by atoms with Crippen molar-refractivity contribution in [2.24, 2.45) is 17.3 Å². The van der Waals surface area contributed by atoms with E-state index in [4.69, 9.17) is 0 Å². The SMILES string of the molecule is CC1CCC(NC(c2ccccc2)C(C)(C)C)C(C)C1. The first-order valence-electron chi connectivity index (χ1n) is 8.19. The van der Waals surface area contributed by atoms with Gasteiger partial charge in [0.1, 0.15) is 0 Å². The minimum atomic E-state index is 0.240. The molecule has 0 aromatic heterocycles. The molecule has 1 aliphatic carbocycles. The van der Waals surface area contributed by atoms with Crippen LogP contribution in [0.2, 0.25) is 0 Å². The molecule has 1 aromatic carbocycles. The summed E-state index contributed by atoms with van der Waals surface area (Å²) in [5.41, 5.74) is 1.66. The minimum absolute atomic E-state index is 0.240. The average molecular weight is 273 g/mol. The Bertz CT molecular complexity index is 404. The quantitative estimate of drug-likeness (QED) is 0.799. The second-order valence-corrected chi connectivity index (χ2v) is 7.88. The summed E-state index contributed by atoms with van der Waals surface area (Å²) < 4.78 is 0. The van der Waals surface area contributed by atoms with Crippen molar-refractivity contribution >= 4 is 0 Å². The topological polar surface area (TPSA) is 12.0 Å². The van der Waals surface area contributed by atoms with Crippen LogP contribution in [0, 0.1) is 17.3 Å². The second-order valence-electron chi connectivity index (χ2n) is 7.88. The highest BCUT2D eigenvalue weighted by Crippen LogP contribution is 2.36. The van der Waals surface area contributed by atoms with Gasteiger partial charge in [-0.1, -0.05) is 65.0 Å². The zero-order valence-electron chi connectivity index (χ0n) is 13.8. The predicted octanol–water partition coefficient (Wildman–Crippen LogP) is 5.19. The van der Waals surface area contributed by atoms with Gasteiger partial charge in [-0.2, -0.15) is 0 Å². The van der Waals surface area contributed by atoms with Crippen LogP contribution in [0.5, 0.6) is 0 Å². The van der Waals surface area contributed by atoms with E-state index in [1.807, 2.05) is 0 Å². The van der Waals surface area contributed by atoms with Gasteiger partial charge in [0.15, 0.2) is 0 Å². The summed E-state index contributed by atoms with van der Waals surface area (Å²) in [5, 5.41) is 3.98. The molecule has 0 aliphatic heterocycles. The van der Waals surface area contributed by atoms with Crippen molar-refractivity contribution in [3.63, 3.8) is 0 Å². The summed E-state index contributed by atoms with van der Waals surface area (Å²) in [6.07, 6.45) is 4.05. The Hall–Kier alpha value is -0.820. The molecular weight excluding hydrogens is 242 g/mol. The Morgan fingerprint density at radius 3 is 2.25 bits per heavy atom. The fourth-order valence-corrected chi connectivity index (χ4v) is 3.62. The van der Waals surface area contributed by atoms with Gasteiger partial charge in [-0.3, -0.25) is 0 Å². The van der Waals surface area contributed by atoms with E-state index in [2.05, 4.69) is 70.3 Å². The maximum Gasteiger partial charge on any atom is 0.0371 e. The van der Waals surface area contributed by atoms with Crippen molar-refractivity contribution in [1.29, 1.82) is 0 Å². The van der Waals surface area contributed by atoms with Gasteiger partial charge >= 0.3 is 0 Å². The van der Waals surface area contributed by atoms with Crippen molar-refractivity contribution in [2.45, 2.75) is 66.0 Å². The monoisotopic (exact) mass is 273 g/mol. The molecule has 112 valence electrons. The van der Waals surface area contributed by atoms with E-state index in [1.54, 1.807) is 0 Å². The highest BCUT2D eigenvalue weighted by Gasteiger charge is 2.32. The zero-order chi connectivity index (χ0) is 14.8. The number of hydrogen-bond donors (Lipinski definition) is 1. The van der Waals surface area contributed by atoms with E-state index < -0.39 is 0 Å². The van der Waals surface area contributed by atoms with Gasteiger partial charge < -0.3 is 5.32 Å². The molecule has 1 aromatic rings. The number of benzene rings is 1. The summed E-state index contributed by atoms with van der Waals surface area (Å²) in [4.78, 5) is 0. The molecule has 4 unspecified atom stereocenters. The average Bonchev–Trinajstić information content (AvgIpc) is 2.37. The summed E-state index contributed by atoms with van der Waals surface area (Å²) in [6.45, 7) is 11.8. The molecule has 0 bridgehead atoms. The maximum absolute atomic E-state index is 3.98. The predicted molar refractivity (Wildman–Crippen MR) is 87.7 cm³/mol. The molecule has 2 rings (SSSR count). The molecule has 0 spiro atoms. The van der Waals surface area contributed by atoms with Gasteiger partial charge in [-0.05, 0) is 42.1 Å². The van der Waals surface area contributed by atoms with Gasteiger partial charge in [0.05, 0.1) is 0 Å². The Balaban J connectivity index is 2.13. The van der Waals surface area contributed by atoms with Crippen molar-refractivity contribution < 1.29 is 0 Å². The first-order chi connectivity index (χ1) is 9.38. The molecule has 1 fully saturated rings. The smallest absolute Gasteiger partial charge is 0.0371 e. The zero-order valence-corrected chi connectivity index (χ0v) is 13.8. The van der Waals surface area contributed by atoms with Crippen LogP contribution >= 0.6 is 0 Å². The van der Waals surface area contributed by atoms with E-state index in [-0.39, 0.29) is 5.41 Å². The fraction of sp³-hybridized carbons (Fsp3) is 0.684. The van der Waals surface area contributed by atoms with E-state index >= 15 is 0 Å². The van der Waals surface area contributed by atoms with Gasteiger partial charge in [0.25, 0.3) is 0 Å². The Labute approximate surface area is 125 Å². The van der Waals surface area contributed by atoms with Crippen molar-refractivity contribution in [3.8, 4) is 0 Å². The third-order valence-electron chi connectivity index (χ3n) is 4.81. The van der Waals surface area contributed by atoms with Gasteiger partial charge in [-0.15, -0.1) is 0 Å². The lowest BCUT2D eigenvalue weighted by molar-refractivity contribution is 0.170. The second kappa shape index (κ2) is 6.30. The molecule has 1 saturated carbocycles. The summed E-state index contributed by atoms with van der Waals surface area (Å²) in [5.74, 6) is 1.68. The van der Waals surface area contributed by atoms with E-state index in [0.717, 1.165) is 11.8 Å². The third-order valence-corrected chi connectivity index (χ3v) is 4.81. The normalized spacial score (nSPS) is 29.1. The van der Waals surface area contributed by atoms with Gasteiger partial charge in [0, 0.05) is 12.1 Å². The minimum Gasteiger partial charge on any atom is -0.306 e. The molecule has 1 heteroatoms. The van der Waals surface area contributed by atoms with Crippen LogP contribution in [0.1, 0.15) is 65.5 Å². The molecule has 0 radical (unpaired) electrons. The van der Waals surface area contributed by atoms with E-state index in [0.29, 0.717) is 12.1 Å².